The highest BCUT2D eigenvalue weighted by atomic mass is 16.5. The van der Waals surface area contributed by atoms with Gasteiger partial charge < -0.3 is 14.4 Å². The highest BCUT2D eigenvalue weighted by molar-refractivity contribution is 6.00. The summed E-state index contributed by atoms with van der Waals surface area (Å²) < 4.78 is 10.7. The number of nitrogens with one attached hydrogen (secondary N) is 1. The van der Waals surface area contributed by atoms with Crippen LogP contribution in [0.15, 0.2) is 30.3 Å². The van der Waals surface area contributed by atoms with Gasteiger partial charge in [-0.25, -0.2) is 9.78 Å². The molecule has 1 aliphatic heterocycles. The minimum absolute atomic E-state index is 0.306. The highest BCUT2D eigenvalue weighted by Gasteiger charge is 2.27. The molecule has 7 nitrogen and oxygen atoms in total. The normalized spacial score (nSPS) is 17.2. The molecule has 30 heavy (non-hydrogen) atoms. The number of rotatable bonds is 5. The molecule has 2 aromatic heterocycles. The van der Waals surface area contributed by atoms with Crippen molar-refractivity contribution in [2.75, 3.05) is 37.8 Å². The van der Waals surface area contributed by atoms with Crippen LogP contribution in [0.1, 0.15) is 48.3 Å². The van der Waals surface area contributed by atoms with Crippen molar-refractivity contribution in [3.63, 3.8) is 0 Å². The summed E-state index contributed by atoms with van der Waals surface area (Å²) >= 11 is 0. The number of H-pyrrole nitrogens is 1. The Kier molecular flexibility index (Phi) is 5.12. The molecule has 2 fully saturated rings. The number of carbonyl (C=O) groups is 1. The summed E-state index contributed by atoms with van der Waals surface area (Å²) in [6.45, 7) is 5.44. The zero-order valence-corrected chi connectivity index (χ0v) is 17.2. The van der Waals surface area contributed by atoms with Crippen molar-refractivity contribution in [2.45, 2.75) is 32.1 Å². The maximum atomic E-state index is 12.4. The first-order valence-electron chi connectivity index (χ1n) is 10.7. The van der Waals surface area contributed by atoms with E-state index in [-0.39, 0.29) is 0 Å². The third-order valence-electron chi connectivity index (χ3n) is 6.09. The molecule has 0 amide bonds. The fourth-order valence-electron chi connectivity index (χ4n) is 4.24. The Balaban J connectivity index is 1.58. The van der Waals surface area contributed by atoms with Crippen molar-refractivity contribution in [3.8, 4) is 11.1 Å². The highest BCUT2D eigenvalue weighted by Crippen LogP contribution is 2.41. The molecule has 1 saturated carbocycles. The summed E-state index contributed by atoms with van der Waals surface area (Å²) in [5.74, 6) is 0.0470. The van der Waals surface area contributed by atoms with E-state index in [0.29, 0.717) is 23.9 Å². The Bertz CT molecular complexity index is 1050. The van der Waals surface area contributed by atoms with Crippen LogP contribution in [-0.2, 0) is 9.47 Å². The topological polar surface area (TPSA) is 80.3 Å². The first-order valence-corrected chi connectivity index (χ1v) is 10.7. The molecule has 0 radical (unpaired) electrons. The molecule has 1 aliphatic carbocycles. The Morgan fingerprint density at radius 3 is 2.67 bits per heavy atom. The van der Waals surface area contributed by atoms with Crippen molar-refractivity contribution >= 4 is 22.7 Å². The van der Waals surface area contributed by atoms with Gasteiger partial charge in [-0.1, -0.05) is 18.6 Å². The van der Waals surface area contributed by atoms with E-state index >= 15 is 0 Å². The number of ether oxygens (including phenoxy) is 2. The SMILES string of the molecule is CCOC(=O)c1cc(-c2ccc(N3CCOCC3)cc2)c2c(C3CCC3)n[nH]c2n1. The average molecular weight is 406 g/mol. The van der Waals surface area contributed by atoms with Crippen LogP contribution >= 0.6 is 0 Å². The lowest BCUT2D eigenvalue weighted by molar-refractivity contribution is 0.0520. The minimum Gasteiger partial charge on any atom is -0.461 e. The minimum atomic E-state index is -0.412. The second kappa shape index (κ2) is 8.07. The Labute approximate surface area is 175 Å². The van der Waals surface area contributed by atoms with Gasteiger partial charge in [-0.15, -0.1) is 0 Å². The standard InChI is InChI=1S/C23H26N4O3/c1-2-30-23(28)19-14-18(20-21(16-4-3-5-16)25-26-22(20)24-19)15-6-8-17(9-7-15)27-10-12-29-13-11-27/h6-9,14,16H,2-5,10-13H2,1H3,(H,24,25,26). The van der Waals surface area contributed by atoms with Crippen molar-refractivity contribution in [2.24, 2.45) is 0 Å². The number of hydrogen-bond acceptors (Lipinski definition) is 6. The molecule has 1 N–H and O–H groups in total. The first kappa shape index (κ1) is 19.1. The number of carbonyl (C=O) groups excluding carboxylic acids is 1. The van der Waals surface area contributed by atoms with E-state index in [1.54, 1.807) is 6.92 Å². The summed E-state index contributed by atoms with van der Waals surface area (Å²) in [6, 6.07) is 10.4. The molecule has 0 unspecified atom stereocenters. The van der Waals surface area contributed by atoms with Crippen LogP contribution in [0.2, 0.25) is 0 Å². The van der Waals surface area contributed by atoms with Crippen LogP contribution in [0.25, 0.3) is 22.2 Å². The Hall–Kier alpha value is -2.93. The van der Waals surface area contributed by atoms with Gasteiger partial charge in [-0.3, -0.25) is 5.10 Å². The van der Waals surface area contributed by atoms with Gasteiger partial charge in [-0.2, -0.15) is 5.10 Å². The van der Waals surface area contributed by atoms with Gasteiger partial charge >= 0.3 is 5.97 Å². The third kappa shape index (κ3) is 3.43. The summed E-state index contributed by atoms with van der Waals surface area (Å²) in [5.41, 5.74) is 5.23. The number of anilines is 1. The van der Waals surface area contributed by atoms with Gasteiger partial charge in [-0.05, 0) is 49.1 Å². The van der Waals surface area contributed by atoms with E-state index in [2.05, 4.69) is 44.3 Å². The predicted octanol–water partition coefficient (Wildman–Crippen LogP) is 3.91. The van der Waals surface area contributed by atoms with Gasteiger partial charge in [0.25, 0.3) is 0 Å². The molecule has 2 aliphatic rings. The summed E-state index contributed by atoms with van der Waals surface area (Å²) in [4.78, 5) is 19.3. The number of fused-ring (bicyclic) bond motifs is 1. The second-order valence-corrected chi connectivity index (χ2v) is 7.88. The summed E-state index contributed by atoms with van der Waals surface area (Å²) in [5, 5.41) is 8.66. The molecule has 5 rings (SSSR count). The van der Waals surface area contributed by atoms with E-state index in [1.807, 2.05) is 6.07 Å². The van der Waals surface area contributed by atoms with Crippen molar-refractivity contribution < 1.29 is 14.3 Å². The molecule has 3 heterocycles. The number of nitrogens with zero attached hydrogens (tertiary/aromatic N) is 3. The van der Waals surface area contributed by atoms with E-state index in [9.17, 15) is 4.79 Å². The van der Waals surface area contributed by atoms with E-state index < -0.39 is 5.97 Å². The number of aromatic nitrogens is 3. The average Bonchev–Trinajstić information content (AvgIpc) is 3.16. The fourth-order valence-corrected chi connectivity index (χ4v) is 4.24. The fraction of sp³-hybridized carbons (Fsp3) is 0.435. The second-order valence-electron chi connectivity index (χ2n) is 7.88. The third-order valence-corrected chi connectivity index (χ3v) is 6.09. The monoisotopic (exact) mass is 406 g/mol. The molecule has 1 saturated heterocycles. The van der Waals surface area contributed by atoms with E-state index in [1.165, 1.54) is 12.1 Å². The molecule has 1 aromatic carbocycles. The number of aromatic amines is 1. The van der Waals surface area contributed by atoms with Crippen LogP contribution in [0.3, 0.4) is 0 Å². The molecule has 3 aromatic rings. The van der Waals surface area contributed by atoms with Crippen molar-refractivity contribution in [3.05, 3.63) is 41.7 Å². The summed E-state index contributed by atoms with van der Waals surface area (Å²) in [7, 11) is 0. The van der Waals surface area contributed by atoms with Gasteiger partial charge in [0.15, 0.2) is 11.3 Å². The lowest BCUT2D eigenvalue weighted by atomic mass is 9.81. The quantitative estimate of drug-likeness (QED) is 0.647. The smallest absolute Gasteiger partial charge is 0.357 e. The number of benzene rings is 1. The van der Waals surface area contributed by atoms with E-state index in [0.717, 1.165) is 61.4 Å². The zero-order valence-electron chi connectivity index (χ0n) is 17.2. The van der Waals surface area contributed by atoms with Crippen LogP contribution < -0.4 is 4.90 Å². The molecule has 156 valence electrons. The maximum absolute atomic E-state index is 12.4. The van der Waals surface area contributed by atoms with Gasteiger partial charge in [0.1, 0.15) is 0 Å². The number of morpholine rings is 1. The Morgan fingerprint density at radius 2 is 2.00 bits per heavy atom. The van der Waals surface area contributed by atoms with Crippen LogP contribution in [0.5, 0.6) is 0 Å². The van der Waals surface area contributed by atoms with Gasteiger partial charge in [0.2, 0.25) is 0 Å². The van der Waals surface area contributed by atoms with Crippen LogP contribution in [-0.4, -0.2) is 54.1 Å². The van der Waals surface area contributed by atoms with Crippen molar-refractivity contribution in [1.82, 2.24) is 15.2 Å². The van der Waals surface area contributed by atoms with E-state index in [4.69, 9.17) is 9.47 Å². The molecular weight excluding hydrogens is 380 g/mol. The number of pyridine rings is 1. The van der Waals surface area contributed by atoms with Crippen LogP contribution in [0, 0.1) is 0 Å². The Morgan fingerprint density at radius 1 is 1.23 bits per heavy atom. The largest absolute Gasteiger partial charge is 0.461 e. The van der Waals surface area contributed by atoms with Gasteiger partial charge in [0, 0.05) is 24.7 Å². The molecule has 0 bridgehead atoms. The predicted molar refractivity (Wildman–Crippen MR) is 115 cm³/mol. The molecule has 0 spiro atoms. The maximum Gasteiger partial charge on any atom is 0.357 e. The zero-order chi connectivity index (χ0) is 20.5. The number of hydrogen-bond donors (Lipinski definition) is 1. The number of esters is 1. The van der Waals surface area contributed by atoms with Crippen molar-refractivity contribution in [1.29, 1.82) is 0 Å². The first-order chi connectivity index (χ1) is 14.7. The molecule has 0 atom stereocenters. The lowest BCUT2D eigenvalue weighted by Gasteiger charge is -2.29. The van der Waals surface area contributed by atoms with Crippen LogP contribution in [0.4, 0.5) is 5.69 Å². The lowest BCUT2D eigenvalue weighted by Crippen LogP contribution is -2.36. The van der Waals surface area contributed by atoms with Gasteiger partial charge in [0.05, 0.1) is 30.9 Å². The summed E-state index contributed by atoms with van der Waals surface area (Å²) in [6.07, 6.45) is 3.53. The molecule has 7 heteroatoms. The molecular formula is C23H26N4O3.